The van der Waals surface area contributed by atoms with E-state index >= 15 is 0 Å². The Morgan fingerprint density at radius 2 is 1.79 bits per heavy atom. The van der Waals surface area contributed by atoms with Crippen LogP contribution >= 0.6 is 0 Å². The summed E-state index contributed by atoms with van der Waals surface area (Å²) in [5.41, 5.74) is 3.80. The summed E-state index contributed by atoms with van der Waals surface area (Å²) in [5.74, 6) is -0.883. The third-order valence-electron chi connectivity index (χ3n) is 3.06. The molecule has 0 radical (unpaired) electrons. The lowest BCUT2D eigenvalue weighted by Gasteiger charge is -2.18. The maximum Gasteiger partial charge on any atom is 0.330 e. The molecule has 0 bridgehead atoms. The summed E-state index contributed by atoms with van der Waals surface area (Å²) >= 11 is 0. The van der Waals surface area contributed by atoms with E-state index in [1.807, 2.05) is 62.4 Å². The number of hydrogen-bond acceptors (Lipinski definition) is 2. The van der Waals surface area contributed by atoms with Crippen molar-refractivity contribution in [2.45, 2.75) is 19.9 Å². The first-order chi connectivity index (χ1) is 9.08. The molecule has 0 aliphatic heterocycles. The lowest BCUT2D eigenvalue weighted by molar-refractivity contribution is -0.138. The van der Waals surface area contributed by atoms with Gasteiger partial charge in [-0.2, -0.15) is 0 Å². The molecule has 3 nitrogen and oxygen atoms in total. The molecular weight excluding hydrogens is 238 g/mol. The smallest absolute Gasteiger partial charge is 0.330 e. The molecule has 0 aliphatic carbocycles. The lowest BCUT2D eigenvalue weighted by Crippen LogP contribution is -2.20. The molecule has 19 heavy (non-hydrogen) atoms. The number of rotatable bonds is 4. The molecule has 2 rings (SSSR count). The van der Waals surface area contributed by atoms with Gasteiger partial charge in [0.1, 0.15) is 0 Å². The number of aliphatic carboxylic acids is 1. The van der Waals surface area contributed by atoms with Gasteiger partial charge >= 0.3 is 5.97 Å². The van der Waals surface area contributed by atoms with Gasteiger partial charge in [0.15, 0.2) is 6.04 Å². The van der Waals surface area contributed by atoms with Gasteiger partial charge in [0, 0.05) is 5.69 Å². The summed E-state index contributed by atoms with van der Waals surface area (Å²) < 4.78 is 0. The quantitative estimate of drug-likeness (QED) is 0.878. The van der Waals surface area contributed by atoms with Crippen molar-refractivity contribution in [2.75, 3.05) is 5.32 Å². The summed E-state index contributed by atoms with van der Waals surface area (Å²) in [7, 11) is 0. The van der Waals surface area contributed by atoms with Gasteiger partial charge in [-0.3, -0.25) is 0 Å². The van der Waals surface area contributed by atoms with Crippen LogP contribution < -0.4 is 5.32 Å². The van der Waals surface area contributed by atoms with Crippen LogP contribution in [0, 0.1) is 13.8 Å². The Labute approximate surface area is 112 Å². The highest BCUT2D eigenvalue weighted by Crippen LogP contribution is 2.23. The largest absolute Gasteiger partial charge is 0.479 e. The second-order valence-corrected chi connectivity index (χ2v) is 4.64. The molecule has 0 saturated carbocycles. The minimum absolute atomic E-state index is 0.734. The van der Waals surface area contributed by atoms with Crippen LogP contribution in [0.3, 0.4) is 0 Å². The summed E-state index contributed by atoms with van der Waals surface area (Å²) in [6, 6.07) is 14.4. The van der Waals surface area contributed by atoms with E-state index in [-0.39, 0.29) is 0 Å². The Hall–Kier alpha value is -2.29. The number of carbonyl (C=O) groups is 1. The van der Waals surface area contributed by atoms with Crippen molar-refractivity contribution in [1.82, 2.24) is 0 Å². The number of benzene rings is 2. The van der Waals surface area contributed by atoms with Crippen LogP contribution in [0.2, 0.25) is 0 Å². The second-order valence-electron chi connectivity index (χ2n) is 4.64. The van der Waals surface area contributed by atoms with Gasteiger partial charge in [0.25, 0.3) is 0 Å². The SMILES string of the molecule is Cc1ccc(NC(C(=O)O)c2ccccc2)c(C)c1. The number of nitrogens with one attached hydrogen (secondary N) is 1. The van der Waals surface area contributed by atoms with Crippen LogP contribution in [0.1, 0.15) is 22.7 Å². The maximum atomic E-state index is 11.4. The first-order valence-electron chi connectivity index (χ1n) is 6.19. The monoisotopic (exact) mass is 255 g/mol. The predicted octanol–water partition coefficient (Wildman–Crippen LogP) is 3.54. The summed E-state index contributed by atoms with van der Waals surface area (Å²) in [6.07, 6.45) is 0. The van der Waals surface area contributed by atoms with Gasteiger partial charge in [-0.1, -0.05) is 48.0 Å². The van der Waals surface area contributed by atoms with Gasteiger partial charge < -0.3 is 10.4 Å². The van der Waals surface area contributed by atoms with Crippen molar-refractivity contribution in [2.24, 2.45) is 0 Å². The van der Waals surface area contributed by atoms with E-state index < -0.39 is 12.0 Å². The van der Waals surface area contributed by atoms with E-state index in [2.05, 4.69) is 5.32 Å². The van der Waals surface area contributed by atoms with Crippen molar-refractivity contribution in [3.63, 3.8) is 0 Å². The Bertz CT molecular complexity index is 579. The Morgan fingerprint density at radius 3 is 2.37 bits per heavy atom. The van der Waals surface area contributed by atoms with Gasteiger partial charge in [-0.15, -0.1) is 0 Å². The molecule has 0 spiro atoms. The van der Waals surface area contributed by atoms with Crippen LogP contribution in [0.15, 0.2) is 48.5 Å². The number of carboxylic acid groups (broad SMARTS) is 1. The molecule has 0 fully saturated rings. The number of hydrogen-bond donors (Lipinski definition) is 2. The Balaban J connectivity index is 2.29. The third-order valence-corrected chi connectivity index (χ3v) is 3.06. The minimum atomic E-state index is -0.883. The molecule has 0 saturated heterocycles. The van der Waals surface area contributed by atoms with Crippen molar-refractivity contribution >= 4 is 11.7 Å². The highest BCUT2D eigenvalue weighted by molar-refractivity contribution is 5.79. The molecule has 98 valence electrons. The number of carboxylic acids is 1. The third kappa shape index (κ3) is 3.13. The molecule has 0 heterocycles. The van der Waals surface area contributed by atoms with Gasteiger partial charge in [0.2, 0.25) is 0 Å². The van der Waals surface area contributed by atoms with E-state index in [0.717, 1.165) is 22.4 Å². The van der Waals surface area contributed by atoms with Crippen molar-refractivity contribution < 1.29 is 9.90 Å². The average molecular weight is 255 g/mol. The first-order valence-corrected chi connectivity index (χ1v) is 6.19. The number of anilines is 1. The van der Waals surface area contributed by atoms with Crippen LogP contribution in [-0.2, 0) is 4.79 Å². The van der Waals surface area contributed by atoms with Crippen LogP contribution in [0.25, 0.3) is 0 Å². The molecule has 0 aromatic heterocycles. The van der Waals surface area contributed by atoms with Gasteiger partial charge in [-0.05, 0) is 31.0 Å². The molecular formula is C16H17NO2. The van der Waals surface area contributed by atoms with Crippen molar-refractivity contribution in [3.8, 4) is 0 Å². The standard InChI is InChI=1S/C16H17NO2/c1-11-8-9-14(12(2)10-11)17-15(16(18)19)13-6-4-3-5-7-13/h3-10,15,17H,1-2H3,(H,18,19). The van der Waals surface area contributed by atoms with E-state index in [9.17, 15) is 9.90 Å². The van der Waals surface area contributed by atoms with Crippen molar-refractivity contribution in [1.29, 1.82) is 0 Å². The second kappa shape index (κ2) is 5.57. The van der Waals surface area contributed by atoms with Crippen molar-refractivity contribution in [3.05, 3.63) is 65.2 Å². The maximum absolute atomic E-state index is 11.4. The number of aryl methyl sites for hydroxylation is 2. The molecule has 1 unspecified atom stereocenters. The normalized spacial score (nSPS) is 11.9. The van der Waals surface area contributed by atoms with Gasteiger partial charge in [-0.25, -0.2) is 4.79 Å². The molecule has 2 aromatic carbocycles. The summed E-state index contributed by atoms with van der Waals surface area (Å²) in [6.45, 7) is 3.99. The van der Waals surface area contributed by atoms with E-state index in [1.54, 1.807) is 0 Å². The fourth-order valence-corrected chi connectivity index (χ4v) is 2.06. The fraction of sp³-hybridized carbons (Fsp3) is 0.188. The molecule has 3 heteroatoms. The molecule has 2 aromatic rings. The van der Waals surface area contributed by atoms with Crippen LogP contribution in [-0.4, -0.2) is 11.1 Å². The van der Waals surface area contributed by atoms with E-state index in [1.165, 1.54) is 0 Å². The topological polar surface area (TPSA) is 49.3 Å². The zero-order valence-corrected chi connectivity index (χ0v) is 11.1. The Kier molecular flexibility index (Phi) is 3.85. The highest BCUT2D eigenvalue weighted by atomic mass is 16.4. The predicted molar refractivity (Wildman–Crippen MR) is 76.4 cm³/mol. The summed E-state index contributed by atoms with van der Waals surface area (Å²) in [4.78, 5) is 11.4. The van der Waals surface area contributed by atoms with Crippen LogP contribution in [0.4, 0.5) is 5.69 Å². The lowest BCUT2D eigenvalue weighted by atomic mass is 10.1. The zero-order valence-electron chi connectivity index (χ0n) is 11.1. The fourth-order valence-electron chi connectivity index (χ4n) is 2.06. The first kappa shape index (κ1) is 13.1. The van der Waals surface area contributed by atoms with Crippen LogP contribution in [0.5, 0.6) is 0 Å². The zero-order chi connectivity index (χ0) is 13.8. The molecule has 0 amide bonds. The summed E-state index contributed by atoms with van der Waals surface area (Å²) in [5, 5.41) is 12.5. The molecule has 1 atom stereocenters. The average Bonchev–Trinajstić information content (AvgIpc) is 2.38. The Morgan fingerprint density at radius 1 is 1.11 bits per heavy atom. The van der Waals surface area contributed by atoms with E-state index in [4.69, 9.17) is 0 Å². The van der Waals surface area contributed by atoms with E-state index in [0.29, 0.717) is 0 Å². The minimum Gasteiger partial charge on any atom is -0.479 e. The highest BCUT2D eigenvalue weighted by Gasteiger charge is 2.19. The van der Waals surface area contributed by atoms with Gasteiger partial charge in [0.05, 0.1) is 0 Å². The molecule has 0 aliphatic rings. The molecule has 2 N–H and O–H groups in total.